The third-order valence-electron chi connectivity index (χ3n) is 4.45. The van der Waals surface area contributed by atoms with Gasteiger partial charge >= 0.3 is 0 Å². The van der Waals surface area contributed by atoms with Gasteiger partial charge in [-0.25, -0.2) is 0 Å². The number of thioether (sulfide) groups is 1. The standard InChI is InChI=1S/C21H22ClN5O2S/c1-14-16(22)9-6-10-17(14)24-20(29)13-30-21-26-25-18(27(21)2)12-23-19(28)11-15-7-4-3-5-8-15/h3-10H,11-13H2,1-2H3,(H,23,28)(H,24,29). The highest BCUT2D eigenvalue weighted by molar-refractivity contribution is 7.99. The van der Waals surface area contributed by atoms with Crippen LogP contribution in [0.2, 0.25) is 5.02 Å². The van der Waals surface area contributed by atoms with Crippen LogP contribution in [0.5, 0.6) is 0 Å². The zero-order valence-corrected chi connectivity index (χ0v) is 18.3. The molecule has 1 aromatic heterocycles. The Kier molecular flexibility index (Phi) is 7.48. The highest BCUT2D eigenvalue weighted by Gasteiger charge is 2.13. The van der Waals surface area contributed by atoms with Crippen LogP contribution in [0.25, 0.3) is 0 Å². The number of carbonyl (C=O) groups excluding carboxylic acids is 2. The smallest absolute Gasteiger partial charge is 0.234 e. The van der Waals surface area contributed by atoms with Crippen LogP contribution in [-0.4, -0.2) is 32.3 Å². The molecule has 7 nitrogen and oxygen atoms in total. The van der Waals surface area contributed by atoms with Crippen LogP contribution < -0.4 is 10.6 Å². The van der Waals surface area contributed by atoms with Crippen LogP contribution in [0, 0.1) is 6.92 Å². The molecule has 156 valence electrons. The van der Waals surface area contributed by atoms with Gasteiger partial charge in [-0.05, 0) is 30.2 Å². The van der Waals surface area contributed by atoms with Crippen molar-refractivity contribution in [2.45, 2.75) is 25.0 Å². The lowest BCUT2D eigenvalue weighted by Crippen LogP contribution is -2.26. The number of nitrogens with one attached hydrogen (secondary N) is 2. The van der Waals surface area contributed by atoms with E-state index < -0.39 is 0 Å². The van der Waals surface area contributed by atoms with Crippen molar-refractivity contribution in [3.8, 4) is 0 Å². The average molecular weight is 444 g/mol. The van der Waals surface area contributed by atoms with Gasteiger partial charge in [-0.15, -0.1) is 10.2 Å². The van der Waals surface area contributed by atoms with E-state index in [4.69, 9.17) is 11.6 Å². The van der Waals surface area contributed by atoms with E-state index in [1.807, 2.05) is 43.3 Å². The summed E-state index contributed by atoms with van der Waals surface area (Å²) in [5.74, 6) is 0.545. The lowest BCUT2D eigenvalue weighted by Gasteiger charge is -2.09. The van der Waals surface area contributed by atoms with Crippen molar-refractivity contribution in [1.82, 2.24) is 20.1 Å². The summed E-state index contributed by atoms with van der Waals surface area (Å²) in [5, 5.41) is 15.1. The maximum absolute atomic E-state index is 12.3. The average Bonchev–Trinajstić information content (AvgIpc) is 3.08. The summed E-state index contributed by atoms with van der Waals surface area (Å²) in [6.45, 7) is 2.12. The predicted octanol–water partition coefficient (Wildman–Crippen LogP) is 3.37. The fourth-order valence-electron chi connectivity index (χ4n) is 2.71. The molecule has 0 fully saturated rings. The molecule has 0 aliphatic heterocycles. The van der Waals surface area contributed by atoms with E-state index in [1.54, 1.807) is 23.7 Å². The van der Waals surface area contributed by atoms with Crippen LogP contribution in [0.1, 0.15) is 17.0 Å². The monoisotopic (exact) mass is 443 g/mol. The van der Waals surface area contributed by atoms with Crippen LogP contribution in [-0.2, 0) is 29.6 Å². The van der Waals surface area contributed by atoms with Gasteiger partial charge in [-0.3, -0.25) is 9.59 Å². The predicted molar refractivity (Wildman–Crippen MR) is 119 cm³/mol. The SMILES string of the molecule is Cc1c(Cl)cccc1NC(=O)CSc1nnc(CNC(=O)Cc2ccccc2)n1C. The molecule has 2 amide bonds. The Hall–Kier alpha value is -2.84. The molecule has 0 saturated carbocycles. The molecular formula is C21H22ClN5O2S. The Morgan fingerprint density at radius 3 is 2.60 bits per heavy atom. The summed E-state index contributed by atoms with van der Waals surface area (Å²) >= 11 is 7.36. The Morgan fingerprint density at radius 2 is 1.83 bits per heavy atom. The molecule has 3 aromatic rings. The molecule has 0 aliphatic carbocycles. The Balaban J connectivity index is 1.49. The third kappa shape index (κ3) is 5.84. The topological polar surface area (TPSA) is 88.9 Å². The number of hydrogen-bond acceptors (Lipinski definition) is 5. The molecule has 1 heterocycles. The lowest BCUT2D eigenvalue weighted by molar-refractivity contribution is -0.120. The second-order valence-corrected chi connectivity index (χ2v) is 8.00. The Morgan fingerprint density at radius 1 is 1.07 bits per heavy atom. The van der Waals surface area contributed by atoms with Gasteiger partial charge in [0.1, 0.15) is 0 Å². The van der Waals surface area contributed by atoms with Gasteiger partial charge in [0.2, 0.25) is 11.8 Å². The largest absolute Gasteiger partial charge is 0.349 e. The van der Waals surface area contributed by atoms with E-state index in [-0.39, 0.29) is 24.1 Å². The first kappa shape index (κ1) is 21.9. The van der Waals surface area contributed by atoms with Crippen molar-refractivity contribution >= 4 is 40.9 Å². The van der Waals surface area contributed by atoms with Crippen LogP contribution in [0.3, 0.4) is 0 Å². The molecule has 0 aliphatic rings. The number of hydrogen-bond donors (Lipinski definition) is 2. The first-order chi connectivity index (χ1) is 14.4. The fourth-order valence-corrected chi connectivity index (χ4v) is 3.61. The number of halogens is 1. The zero-order chi connectivity index (χ0) is 21.5. The number of amides is 2. The van der Waals surface area contributed by atoms with Crippen molar-refractivity contribution in [2.75, 3.05) is 11.1 Å². The summed E-state index contributed by atoms with van der Waals surface area (Å²) in [6.07, 6.45) is 0.309. The molecule has 30 heavy (non-hydrogen) atoms. The number of benzene rings is 2. The number of nitrogens with zero attached hydrogens (tertiary/aromatic N) is 3. The Bertz CT molecular complexity index is 1040. The van der Waals surface area contributed by atoms with E-state index in [0.717, 1.165) is 11.1 Å². The van der Waals surface area contributed by atoms with E-state index in [1.165, 1.54) is 11.8 Å². The molecule has 2 aromatic carbocycles. The van der Waals surface area contributed by atoms with Gasteiger partial charge in [0.05, 0.1) is 18.7 Å². The molecular weight excluding hydrogens is 422 g/mol. The first-order valence-electron chi connectivity index (χ1n) is 9.30. The molecule has 0 radical (unpaired) electrons. The molecule has 0 spiro atoms. The van der Waals surface area contributed by atoms with Crippen molar-refractivity contribution < 1.29 is 9.59 Å². The minimum atomic E-state index is -0.161. The zero-order valence-electron chi connectivity index (χ0n) is 16.7. The van der Waals surface area contributed by atoms with E-state index in [9.17, 15) is 9.59 Å². The number of rotatable bonds is 8. The van der Waals surface area contributed by atoms with Gasteiger partial charge in [0.15, 0.2) is 11.0 Å². The lowest BCUT2D eigenvalue weighted by atomic mass is 10.1. The molecule has 2 N–H and O–H groups in total. The van der Waals surface area contributed by atoms with E-state index in [0.29, 0.717) is 28.1 Å². The molecule has 3 rings (SSSR count). The van der Waals surface area contributed by atoms with Crippen molar-refractivity contribution in [3.05, 3.63) is 70.5 Å². The number of aromatic nitrogens is 3. The first-order valence-corrected chi connectivity index (χ1v) is 10.7. The van der Waals surface area contributed by atoms with Crippen molar-refractivity contribution in [1.29, 1.82) is 0 Å². The second kappa shape index (κ2) is 10.3. The highest BCUT2D eigenvalue weighted by Crippen LogP contribution is 2.23. The van der Waals surface area contributed by atoms with E-state index in [2.05, 4.69) is 20.8 Å². The molecule has 0 unspecified atom stereocenters. The van der Waals surface area contributed by atoms with Gasteiger partial charge in [0.25, 0.3) is 0 Å². The molecule has 0 saturated heterocycles. The minimum absolute atomic E-state index is 0.0883. The molecule has 9 heteroatoms. The summed E-state index contributed by atoms with van der Waals surface area (Å²) in [4.78, 5) is 24.4. The third-order valence-corrected chi connectivity index (χ3v) is 5.88. The maximum Gasteiger partial charge on any atom is 0.234 e. The summed E-state index contributed by atoms with van der Waals surface area (Å²) in [6, 6.07) is 14.9. The normalized spacial score (nSPS) is 10.6. The molecule has 0 atom stereocenters. The van der Waals surface area contributed by atoms with E-state index >= 15 is 0 Å². The number of carbonyl (C=O) groups is 2. The van der Waals surface area contributed by atoms with Gasteiger partial charge < -0.3 is 15.2 Å². The van der Waals surface area contributed by atoms with Crippen LogP contribution in [0.4, 0.5) is 5.69 Å². The second-order valence-electron chi connectivity index (χ2n) is 6.65. The van der Waals surface area contributed by atoms with Crippen molar-refractivity contribution in [3.63, 3.8) is 0 Å². The Labute approximate surface area is 184 Å². The summed E-state index contributed by atoms with van der Waals surface area (Å²) < 4.78 is 1.77. The summed E-state index contributed by atoms with van der Waals surface area (Å²) in [5.41, 5.74) is 2.46. The highest BCUT2D eigenvalue weighted by atomic mass is 35.5. The fraction of sp³-hybridized carbons (Fsp3) is 0.238. The quantitative estimate of drug-likeness (QED) is 0.521. The van der Waals surface area contributed by atoms with Crippen LogP contribution in [0.15, 0.2) is 53.7 Å². The van der Waals surface area contributed by atoms with Crippen molar-refractivity contribution in [2.24, 2.45) is 7.05 Å². The van der Waals surface area contributed by atoms with Gasteiger partial charge in [-0.2, -0.15) is 0 Å². The maximum atomic E-state index is 12.3. The minimum Gasteiger partial charge on any atom is -0.349 e. The van der Waals surface area contributed by atoms with Gasteiger partial charge in [-0.1, -0.05) is 59.8 Å². The molecule has 0 bridgehead atoms. The number of anilines is 1. The van der Waals surface area contributed by atoms with Gasteiger partial charge in [0, 0.05) is 17.8 Å². The van der Waals surface area contributed by atoms with Crippen LogP contribution >= 0.6 is 23.4 Å². The summed E-state index contributed by atoms with van der Waals surface area (Å²) in [7, 11) is 1.81.